The van der Waals surface area contributed by atoms with Gasteiger partial charge in [0.05, 0.1) is 0 Å². The summed E-state index contributed by atoms with van der Waals surface area (Å²) >= 11 is 8.20. The van der Waals surface area contributed by atoms with Crippen LogP contribution in [0.25, 0.3) is 0 Å². The van der Waals surface area contributed by atoms with Gasteiger partial charge in [-0.2, -0.15) is 11.8 Å². The van der Waals surface area contributed by atoms with E-state index < -0.39 is 0 Å². The van der Waals surface area contributed by atoms with Crippen LogP contribution in [0.4, 0.5) is 0 Å². The molecule has 0 aliphatic heterocycles. The fourth-order valence-electron chi connectivity index (χ4n) is 1.72. The zero-order valence-corrected chi connectivity index (χ0v) is 12.4. The van der Waals surface area contributed by atoms with Gasteiger partial charge in [-0.25, -0.2) is 0 Å². The Bertz CT molecular complexity index is 328. The van der Waals surface area contributed by atoms with Crippen molar-refractivity contribution in [3.05, 3.63) is 34.9 Å². The second kappa shape index (κ2) is 8.02. The third-order valence-corrected chi connectivity index (χ3v) is 4.18. The summed E-state index contributed by atoms with van der Waals surface area (Å²) in [6.07, 6.45) is 1.01. The van der Waals surface area contributed by atoms with Crippen LogP contribution < -0.4 is 5.32 Å². The first-order chi connectivity index (χ1) is 8.13. The number of hydrogen-bond acceptors (Lipinski definition) is 2. The first-order valence-corrected chi connectivity index (χ1v) is 7.64. The first kappa shape index (κ1) is 14.9. The molecule has 0 radical (unpaired) electrons. The van der Waals surface area contributed by atoms with E-state index in [9.17, 15) is 0 Å². The molecule has 1 aromatic rings. The van der Waals surface area contributed by atoms with E-state index in [-0.39, 0.29) is 0 Å². The zero-order chi connectivity index (χ0) is 12.7. The van der Waals surface area contributed by atoms with Crippen LogP contribution in [0.15, 0.2) is 24.3 Å². The van der Waals surface area contributed by atoms with E-state index in [1.165, 1.54) is 5.56 Å². The molecule has 0 aliphatic carbocycles. The van der Waals surface area contributed by atoms with Crippen molar-refractivity contribution in [2.45, 2.75) is 38.5 Å². The fraction of sp³-hybridized carbons (Fsp3) is 0.571. The quantitative estimate of drug-likeness (QED) is 0.804. The number of benzene rings is 1. The number of likely N-dealkylation sites (N-methyl/N-ethyl adjacent to an activating group) is 1. The van der Waals surface area contributed by atoms with Crippen LogP contribution >= 0.6 is 23.4 Å². The van der Waals surface area contributed by atoms with Gasteiger partial charge in [-0.1, -0.05) is 50.6 Å². The van der Waals surface area contributed by atoms with Gasteiger partial charge in [-0.15, -0.1) is 0 Å². The average Bonchev–Trinajstić information content (AvgIpc) is 2.29. The number of hydrogen-bond donors (Lipinski definition) is 1. The lowest BCUT2D eigenvalue weighted by Crippen LogP contribution is -2.33. The predicted molar refractivity (Wildman–Crippen MR) is 80.2 cm³/mol. The minimum atomic E-state index is 0.507. The van der Waals surface area contributed by atoms with Crippen molar-refractivity contribution in [2.75, 3.05) is 12.3 Å². The number of nitrogens with one attached hydrogen (secondary N) is 1. The van der Waals surface area contributed by atoms with Crippen LogP contribution in [0.1, 0.15) is 26.3 Å². The molecule has 0 saturated carbocycles. The van der Waals surface area contributed by atoms with Crippen LogP contribution in [0.3, 0.4) is 0 Å². The van der Waals surface area contributed by atoms with E-state index in [1.807, 2.05) is 23.9 Å². The summed E-state index contributed by atoms with van der Waals surface area (Å²) in [5.74, 6) is 1.14. The summed E-state index contributed by atoms with van der Waals surface area (Å²) in [5, 5.41) is 5.10. The van der Waals surface area contributed by atoms with E-state index in [0.717, 1.165) is 23.7 Å². The van der Waals surface area contributed by atoms with Crippen molar-refractivity contribution in [2.24, 2.45) is 0 Å². The van der Waals surface area contributed by atoms with Gasteiger partial charge in [-0.05, 0) is 29.8 Å². The van der Waals surface area contributed by atoms with Crippen molar-refractivity contribution in [3.63, 3.8) is 0 Å². The van der Waals surface area contributed by atoms with Gasteiger partial charge in [-0.3, -0.25) is 0 Å². The maximum absolute atomic E-state index is 6.20. The molecule has 0 heterocycles. The van der Waals surface area contributed by atoms with Crippen LogP contribution in [0.2, 0.25) is 5.02 Å². The first-order valence-electron chi connectivity index (χ1n) is 6.21. The summed E-state index contributed by atoms with van der Waals surface area (Å²) < 4.78 is 0. The Morgan fingerprint density at radius 2 is 2.00 bits per heavy atom. The highest BCUT2D eigenvalue weighted by molar-refractivity contribution is 7.99. The third kappa shape index (κ3) is 5.80. The molecule has 0 spiro atoms. The Balaban J connectivity index is 2.56. The van der Waals surface area contributed by atoms with Gasteiger partial charge in [0.25, 0.3) is 0 Å². The van der Waals surface area contributed by atoms with Crippen molar-refractivity contribution >= 4 is 23.4 Å². The predicted octanol–water partition coefficient (Wildman–Crippen LogP) is 4.00. The highest BCUT2D eigenvalue weighted by Crippen LogP contribution is 2.19. The number of thioether (sulfide) groups is 1. The second-order valence-corrected chi connectivity index (χ2v) is 6.45. The minimum Gasteiger partial charge on any atom is -0.313 e. The fourth-order valence-corrected chi connectivity index (χ4v) is 2.78. The molecule has 0 fully saturated rings. The molecule has 0 saturated heterocycles. The van der Waals surface area contributed by atoms with Gasteiger partial charge in [0.1, 0.15) is 0 Å². The molecule has 0 amide bonds. The third-order valence-electron chi connectivity index (χ3n) is 2.55. The highest BCUT2D eigenvalue weighted by Gasteiger charge is 2.11. The van der Waals surface area contributed by atoms with Gasteiger partial charge < -0.3 is 5.32 Å². The molecular weight excluding hydrogens is 250 g/mol. The molecule has 1 rings (SSSR count). The molecule has 1 unspecified atom stereocenters. The lowest BCUT2D eigenvalue weighted by atomic mass is 10.1. The normalized spacial score (nSPS) is 13.0. The van der Waals surface area contributed by atoms with Gasteiger partial charge >= 0.3 is 0 Å². The standard InChI is InChI=1S/C14H22ClNS/c1-4-16-13(10-17-11(2)3)9-12-7-5-6-8-14(12)15/h5-8,11,13,16H,4,9-10H2,1-3H3. The maximum Gasteiger partial charge on any atom is 0.0438 e. The van der Waals surface area contributed by atoms with Crippen molar-refractivity contribution in [1.29, 1.82) is 0 Å². The molecule has 96 valence electrons. The molecule has 1 aromatic carbocycles. The Kier molecular flexibility index (Phi) is 7.02. The number of halogens is 1. The Labute approximate surface area is 114 Å². The van der Waals surface area contributed by atoms with E-state index in [2.05, 4.69) is 38.2 Å². The molecule has 1 N–H and O–H groups in total. The Morgan fingerprint density at radius 3 is 2.59 bits per heavy atom. The topological polar surface area (TPSA) is 12.0 Å². The van der Waals surface area contributed by atoms with E-state index in [1.54, 1.807) is 0 Å². The largest absolute Gasteiger partial charge is 0.313 e. The molecule has 0 aliphatic rings. The smallest absolute Gasteiger partial charge is 0.0438 e. The molecule has 3 heteroatoms. The van der Waals surface area contributed by atoms with Crippen LogP contribution in [-0.2, 0) is 6.42 Å². The summed E-state index contributed by atoms with van der Waals surface area (Å²) in [4.78, 5) is 0. The zero-order valence-electron chi connectivity index (χ0n) is 10.9. The molecule has 0 bridgehead atoms. The van der Waals surface area contributed by atoms with Gasteiger partial charge in [0.15, 0.2) is 0 Å². The molecular formula is C14H22ClNS. The lowest BCUT2D eigenvalue weighted by Gasteiger charge is -2.19. The summed E-state index contributed by atoms with van der Waals surface area (Å²) in [6, 6.07) is 8.63. The van der Waals surface area contributed by atoms with Crippen LogP contribution in [0.5, 0.6) is 0 Å². The Morgan fingerprint density at radius 1 is 1.29 bits per heavy atom. The van der Waals surface area contributed by atoms with Crippen molar-refractivity contribution in [3.8, 4) is 0 Å². The minimum absolute atomic E-state index is 0.507. The maximum atomic E-state index is 6.20. The Hall–Kier alpha value is -0.180. The van der Waals surface area contributed by atoms with Crippen LogP contribution in [0, 0.1) is 0 Å². The van der Waals surface area contributed by atoms with E-state index >= 15 is 0 Å². The summed E-state index contributed by atoms with van der Waals surface area (Å²) in [6.45, 7) is 7.64. The van der Waals surface area contributed by atoms with Gasteiger partial charge in [0.2, 0.25) is 0 Å². The van der Waals surface area contributed by atoms with Crippen molar-refractivity contribution < 1.29 is 0 Å². The molecule has 0 aromatic heterocycles. The highest BCUT2D eigenvalue weighted by atomic mass is 35.5. The summed E-state index contributed by atoms with van der Waals surface area (Å²) in [5.41, 5.74) is 1.24. The second-order valence-electron chi connectivity index (χ2n) is 4.43. The molecule has 1 nitrogen and oxygen atoms in total. The lowest BCUT2D eigenvalue weighted by molar-refractivity contribution is 0.572. The van der Waals surface area contributed by atoms with Crippen molar-refractivity contribution in [1.82, 2.24) is 5.32 Å². The monoisotopic (exact) mass is 271 g/mol. The molecule has 1 atom stereocenters. The van der Waals surface area contributed by atoms with E-state index in [0.29, 0.717) is 11.3 Å². The number of rotatable bonds is 7. The summed E-state index contributed by atoms with van der Waals surface area (Å²) in [7, 11) is 0. The van der Waals surface area contributed by atoms with E-state index in [4.69, 9.17) is 11.6 Å². The average molecular weight is 272 g/mol. The molecule has 17 heavy (non-hydrogen) atoms. The van der Waals surface area contributed by atoms with Crippen LogP contribution in [-0.4, -0.2) is 23.6 Å². The SMILES string of the molecule is CCNC(CSC(C)C)Cc1ccccc1Cl. The van der Waals surface area contributed by atoms with Gasteiger partial charge in [0, 0.05) is 16.8 Å².